The minimum absolute atomic E-state index is 0.109. The fourth-order valence-electron chi connectivity index (χ4n) is 4.73. The molecule has 1 amide bonds. The van der Waals surface area contributed by atoms with E-state index < -0.39 is 0 Å². The molecule has 31 heavy (non-hydrogen) atoms. The van der Waals surface area contributed by atoms with Crippen LogP contribution in [-0.4, -0.2) is 67.1 Å². The van der Waals surface area contributed by atoms with Crippen LogP contribution in [0.25, 0.3) is 10.6 Å². The fourth-order valence-corrected chi connectivity index (χ4v) is 5.78. The van der Waals surface area contributed by atoms with Gasteiger partial charge in [-0.3, -0.25) is 4.79 Å². The summed E-state index contributed by atoms with van der Waals surface area (Å²) in [5.74, 6) is 1.58. The highest BCUT2D eigenvalue weighted by atomic mass is 32.1. The van der Waals surface area contributed by atoms with Gasteiger partial charge in [0.15, 0.2) is 0 Å². The van der Waals surface area contributed by atoms with E-state index >= 15 is 0 Å². The molecule has 0 unspecified atom stereocenters. The number of hydrogen-bond donors (Lipinski definition) is 0. The van der Waals surface area contributed by atoms with Gasteiger partial charge < -0.3 is 19.3 Å². The van der Waals surface area contributed by atoms with Gasteiger partial charge in [-0.25, -0.2) is 4.98 Å². The first-order valence-corrected chi connectivity index (χ1v) is 12.2. The molecule has 0 bridgehead atoms. The molecular weight excluding hydrogens is 410 g/mol. The van der Waals surface area contributed by atoms with Crippen molar-refractivity contribution >= 4 is 17.2 Å². The summed E-state index contributed by atoms with van der Waals surface area (Å²) in [5, 5.41) is 0.788. The lowest BCUT2D eigenvalue weighted by atomic mass is 10.0. The van der Waals surface area contributed by atoms with Crippen molar-refractivity contribution in [3.63, 3.8) is 0 Å². The Morgan fingerprint density at radius 1 is 1.03 bits per heavy atom. The Balaban J connectivity index is 1.46. The van der Waals surface area contributed by atoms with Gasteiger partial charge in [0, 0.05) is 19.1 Å². The van der Waals surface area contributed by atoms with Crippen LogP contribution in [0.1, 0.15) is 53.9 Å². The SMILES string of the molecule is COc1ccc(OC)c(-c2nc(C)c(C(=O)N3CCC(N4CCCCCC4)CC3)s2)c1. The first-order valence-electron chi connectivity index (χ1n) is 11.3. The molecule has 7 heteroatoms. The van der Waals surface area contributed by atoms with E-state index in [4.69, 9.17) is 14.5 Å². The maximum Gasteiger partial charge on any atom is 0.265 e. The van der Waals surface area contributed by atoms with Crippen LogP contribution in [0.15, 0.2) is 18.2 Å². The number of rotatable bonds is 5. The predicted octanol–water partition coefficient (Wildman–Crippen LogP) is 4.62. The third-order valence-electron chi connectivity index (χ3n) is 6.54. The lowest BCUT2D eigenvalue weighted by Crippen LogP contribution is -2.47. The van der Waals surface area contributed by atoms with Crippen molar-refractivity contribution < 1.29 is 14.3 Å². The van der Waals surface area contributed by atoms with Crippen LogP contribution in [0, 0.1) is 6.92 Å². The molecule has 1 aromatic carbocycles. The van der Waals surface area contributed by atoms with Gasteiger partial charge in [-0.05, 0) is 63.9 Å². The van der Waals surface area contributed by atoms with Gasteiger partial charge >= 0.3 is 0 Å². The molecule has 1 aromatic heterocycles. The Bertz CT molecular complexity index is 897. The van der Waals surface area contributed by atoms with Crippen molar-refractivity contribution in [3.05, 3.63) is 28.8 Å². The largest absolute Gasteiger partial charge is 0.497 e. The Hall–Kier alpha value is -2.12. The summed E-state index contributed by atoms with van der Waals surface area (Å²) >= 11 is 1.45. The minimum atomic E-state index is 0.109. The average Bonchev–Trinajstić information content (AvgIpc) is 3.01. The first kappa shape index (κ1) is 22.1. The van der Waals surface area contributed by atoms with E-state index in [0.717, 1.165) is 58.6 Å². The number of nitrogens with zero attached hydrogens (tertiary/aromatic N) is 3. The number of piperidine rings is 1. The predicted molar refractivity (Wildman–Crippen MR) is 124 cm³/mol. The monoisotopic (exact) mass is 443 g/mol. The molecule has 0 aliphatic carbocycles. The van der Waals surface area contributed by atoms with Crippen molar-refractivity contribution in [2.45, 2.75) is 51.5 Å². The summed E-state index contributed by atoms with van der Waals surface area (Å²) < 4.78 is 10.9. The highest BCUT2D eigenvalue weighted by Crippen LogP contribution is 2.37. The molecule has 0 saturated carbocycles. The third-order valence-corrected chi connectivity index (χ3v) is 7.72. The summed E-state index contributed by atoms with van der Waals surface area (Å²) in [7, 11) is 3.29. The average molecular weight is 444 g/mol. The van der Waals surface area contributed by atoms with Gasteiger partial charge in [-0.1, -0.05) is 12.8 Å². The van der Waals surface area contributed by atoms with Crippen molar-refractivity contribution in [3.8, 4) is 22.1 Å². The number of aromatic nitrogens is 1. The van der Waals surface area contributed by atoms with E-state index in [2.05, 4.69) is 4.90 Å². The quantitative estimate of drug-likeness (QED) is 0.675. The van der Waals surface area contributed by atoms with Crippen LogP contribution in [0.2, 0.25) is 0 Å². The van der Waals surface area contributed by atoms with E-state index in [9.17, 15) is 4.79 Å². The molecule has 2 saturated heterocycles. The van der Waals surface area contributed by atoms with E-state index in [-0.39, 0.29) is 5.91 Å². The van der Waals surface area contributed by atoms with Crippen LogP contribution < -0.4 is 9.47 Å². The summed E-state index contributed by atoms with van der Waals surface area (Å²) in [6.45, 7) is 6.02. The normalized spacial score (nSPS) is 18.6. The van der Waals surface area contributed by atoms with Crippen LogP contribution in [0.5, 0.6) is 11.5 Å². The number of carbonyl (C=O) groups excluding carboxylic acids is 1. The van der Waals surface area contributed by atoms with Gasteiger partial charge in [0.25, 0.3) is 5.91 Å². The summed E-state index contributed by atoms with van der Waals surface area (Å²) in [5.41, 5.74) is 1.64. The number of aryl methyl sites for hydroxylation is 1. The lowest BCUT2D eigenvalue weighted by Gasteiger charge is -2.38. The first-order chi connectivity index (χ1) is 15.1. The number of likely N-dealkylation sites (tertiary alicyclic amines) is 2. The molecule has 2 aliphatic rings. The van der Waals surface area contributed by atoms with E-state index in [0.29, 0.717) is 6.04 Å². The number of ether oxygens (including phenoxy) is 2. The fraction of sp³-hybridized carbons (Fsp3) is 0.583. The van der Waals surface area contributed by atoms with Gasteiger partial charge in [0.1, 0.15) is 21.4 Å². The van der Waals surface area contributed by atoms with Gasteiger partial charge in [0.05, 0.1) is 25.5 Å². The summed E-state index contributed by atoms with van der Waals surface area (Å²) in [6.07, 6.45) is 7.49. The Labute approximate surface area is 189 Å². The molecular formula is C24H33N3O3S. The lowest BCUT2D eigenvalue weighted by molar-refractivity contribution is 0.0626. The molecule has 2 aliphatic heterocycles. The van der Waals surface area contributed by atoms with Crippen molar-refractivity contribution in [2.75, 3.05) is 40.4 Å². The second-order valence-corrected chi connectivity index (χ2v) is 9.47. The van der Waals surface area contributed by atoms with Crippen LogP contribution in [-0.2, 0) is 0 Å². The van der Waals surface area contributed by atoms with Crippen LogP contribution >= 0.6 is 11.3 Å². The second-order valence-electron chi connectivity index (χ2n) is 8.47. The zero-order valence-electron chi connectivity index (χ0n) is 18.9. The van der Waals surface area contributed by atoms with Crippen LogP contribution in [0.3, 0.4) is 0 Å². The molecule has 0 radical (unpaired) electrons. The zero-order valence-corrected chi connectivity index (χ0v) is 19.7. The second kappa shape index (κ2) is 10.0. The summed E-state index contributed by atoms with van der Waals surface area (Å²) in [6, 6.07) is 6.28. The van der Waals surface area contributed by atoms with E-state index in [1.165, 1.54) is 50.1 Å². The highest BCUT2D eigenvalue weighted by molar-refractivity contribution is 7.17. The van der Waals surface area contributed by atoms with Gasteiger partial charge in [-0.15, -0.1) is 11.3 Å². The van der Waals surface area contributed by atoms with Crippen molar-refractivity contribution in [1.29, 1.82) is 0 Å². The molecule has 3 heterocycles. The Kier molecular flexibility index (Phi) is 7.13. The maximum atomic E-state index is 13.3. The van der Waals surface area contributed by atoms with E-state index in [1.807, 2.05) is 30.0 Å². The molecule has 0 spiro atoms. The zero-order chi connectivity index (χ0) is 21.8. The van der Waals surface area contributed by atoms with Crippen LogP contribution in [0.4, 0.5) is 0 Å². The van der Waals surface area contributed by atoms with Crippen molar-refractivity contribution in [1.82, 2.24) is 14.8 Å². The number of amides is 1. The molecule has 2 aromatic rings. The number of hydrogen-bond acceptors (Lipinski definition) is 6. The number of carbonyl (C=O) groups is 1. The standard InChI is InChI=1S/C24H33N3O3S/c1-17-22(31-23(25-17)20-16-19(29-2)8-9-21(20)30-3)24(28)27-14-10-18(11-15-27)26-12-6-4-5-7-13-26/h8-9,16,18H,4-7,10-15H2,1-3H3. The maximum absolute atomic E-state index is 13.3. The number of methoxy groups -OCH3 is 2. The number of benzene rings is 1. The van der Waals surface area contributed by atoms with Gasteiger partial charge in [-0.2, -0.15) is 0 Å². The molecule has 0 N–H and O–H groups in total. The molecule has 2 fully saturated rings. The molecule has 168 valence electrons. The Morgan fingerprint density at radius 3 is 2.39 bits per heavy atom. The topological polar surface area (TPSA) is 54.9 Å². The Morgan fingerprint density at radius 2 is 1.74 bits per heavy atom. The minimum Gasteiger partial charge on any atom is -0.497 e. The highest BCUT2D eigenvalue weighted by Gasteiger charge is 2.29. The third kappa shape index (κ3) is 4.88. The molecule has 4 rings (SSSR count). The number of thiazole rings is 1. The van der Waals surface area contributed by atoms with Crippen molar-refractivity contribution in [2.24, 2.45) is 0 Å². The summed E-state index contributed by atoms with van der Waals surface area (Å²) in [4.78, 5) is 23.4. The molecule has 6 nitrogen and oxygen atoms in total. The van der Waals surface area contributed by atoms with E-state index in [1.54, 1.807) is 14.2 Å². The van der Waals surface area contributed by atoms with Gasteiger partial charge in [0.2, 0.25) is 0 Å². The molecule has 0 atom stereocenters. The smallest absolute Gasteiger partial charge is 0.265 e.